The summed E-state index contributed by atoms with van der Waals surface area (Å²) in [5, 5.41) is 0. The summed E-state index contributed by atoms with van der Waals surface area (Å²) in [5.74, 6) is 0. The topological polar surface area (TPSA) is 236 Å². The standard InChI is InChI=1S/2H4O4Si.H2O4Te/c3*1-5(2,3)4/h2*1-4H;(H2,1,2,3,4). The molecule has 15 heavy (non-hydrogen) atoms. The van der Waals surface area contributed by atoms with Crippen LogP contribution in [0.1, 0.15) is 0 Å². The molecule has 0 atom stereocenters. The predicted octanol–water partition coefficient (Wildman–Crippen LogP) is -6.95. The van der Waals surface area contributed by atoms with Gasteiger partial charge in [0.15, 0.2) is 0 Å². The molecule has 0 fully saturated rings. The molecule has 0 aromatic carbocycles. The average Bonchev–Trinajstić information content (AvgIpc) is 1.41. The Labute approximate surface area is 88.8 Å². The number of rotatable bonds is 0. The van der Waals surface area contributed by atoms with Crippen molar-refractivity contribution in [3.05, 3.63) is 0 Å². The Kier molecular flexibility index (Phi) is 10.6. The molecule has 0 unspecified atom stereocenters. The normalized spacial score (nSPS) is 11.9. The van der Waals surface area contributed by atoms with Crippen molar-refractivity contribution in [2.24, 2.45) is 0 Å². The molecule has 0 heterocycles. The summed E-state index contributed by atoms with van der Waals surface area (Å²) in [4.78, 5) is 58.6. The molecule has 96 valence electrons. The molecule has 0 bridgehead atoms. The van der Waals surface area contributed by atoms with Gasteiger partial charge in [-0.05, 0) is 0 Å². The average molecular weight is 386 g/mol. The van der Waals surface area contributed by atoms with Gasteiger partial charge < -0.3 is 38.4 Å². The van der Waals surface area contributed by atoms with E-state index in [1.807, 2.05) is 0 Å². The van der Waals surface area contributed by atoms with Crippen molar-refractivity contribution >= 4 is 37.1 Å². The van der Waals surface area contributed by atoms with Gasteiger partial charge in [-0.25, -0.2) is 0 Å². The van der Waals surface area contributed by atoms with Crippen LogP contribution >= 0.6 is 0 Å². The first-order chi connectivity index (χ1) is 6.00. The van der Waals surface area contributed by atoms with Crippen LogP contribution in [0, 0.1) is 0 Å². The Morgan fingerprint density at radius 3 is 0.600 bits per heavy atom. The molecule has 0 amide bonds. The zero-order valence-electron chi connectivity index (χ0n) is 6.70. The molecule has 0 aliphatic carbocycles. The number of hydrogen-bond acceptors (Lipinski definition) is 10. The smallest absolute Gasteiger partial charge is 0.368 e. The van der Waals surface area contributed by atoms with Crippen molar-refractivity contribution in [2.45, 2.75) is 0 Å². The van der Waals surface area contributed by atoms with Gasteiger partial charge in [0.2, 0.25) is 0 Å². The van der Waals surface area contributed by atoms with Crippen LogP contribution in [0.25, 0.3) is 0 Å². The van der Waals surface area contributed by atoms with E-state index in [0.717, 1.165) is 0 Å². The summed E-state index contributed by atoms with van der Waals surface area (Å²) in [6.07, 6.45) is 0. The molecule has 12 nitrogen and oxygen atoms in total. The molecule has 0 radical (unpaired) electrons. The number of hydrogen-bond donors (Lipinski definition) is 10. The summed E-state index contributed by atoms with van der Waals surface area (Å²) >= 11 is -5.52. The van der Waals surface area contributed by atoms with Gasteiger partial charge in [0, 0.05) is 0 Å². The third-order valence-electron chi connectivity index (χ3n) is 0. The van der Waals surface area contributed by atoms with E-state index in [1.54, 1.807) is 0 Å². The molecule has 0 aliphatic rings. The van der Waals surface area contributed by atoms with Crippen LogP contribution in [-0.4, -0.2) is 82.4 Å². The zero-order valence-corrected chi connectivity index (χ0v) is 11.0. The van der Waals surface area contributed by atoms with E-state index in [2.05, 4.69) is 0 Å². The maximum Gasteiger partial charge on any atom is 0.668 e. The molecule has 10 N–H and O–H groups in total. The fourth-order valence-electron chi connectivity index (χ4n) is 0. The fourth-order valence-corrected chi connectivity index (χ4v) is 0. The fraction of sp³-hybridized carbons (Fsp3) is 0. The van der Waals surface area contributed by atoms with Crippen molar-refractivity contribution in [1.29, 1.82) is 0 Å². The van der Waals surface area contributed by atoms with Gasteiger partial charge in [0.1, 0.15) is 0 Å². The van der Waals surface area contributed by atoms with E-state index in [4.69, 9.17) is 51.5 Å². The second kappa shape index (κ2) is 7.66. The first-order valence-electron chi connectivity index (χ1n) is 2.49. The SMILES string of the molecule is O=[Te](=O)(O)O.O[Si](O)(O)O.O[Si](O)(O)O. The minimum atomic E-state index is -5.52. The Hall–Kier alpha value is 0.423. The van der Waals surface area contributed by atoms with Crippen LogP contribution in [0.2, 0.25) is 0 Å². The molecule has 0 spiro atoms. The maximum atomic E-state index is 8.85. The second-order valence-corrected chi connectivity index (χ2v) is 6.60. The van der Waals surface area contributed by atoms with Gasteiger partial charge in [-0.1, -0.05) is 0 Å². The predicted molar refractivity (Wildman–Crippen MR) is 40.8 cm³/mol. The molecule has 0 rings (SSSR count). The van der Waals surface area contributed by atoms with E-state index in [0.29, 0.717) is 0 Å². The quantitative estimate of drug-likeness (QED) is 0.175. The van der Waals surface area contributed by atoms with Gasteiger partial charge in [0.25, 0.3) is 0 Å². The molecule has 0 aromatic heterocycles. The van der Waals surface area contributed by atoms with Crippen LogP contribution in [0.3, 0.4) is 0 Å². The van der Waals surface area contributed by atoms with Gasteiger partial charge >= 0.3 is 50.2 Å². The largest absolute Gasteiger partial charge is 0.668 e. The Bertz CT molecular complexity index is 193. The van der Waals surface area contributed by atoms with Crippen molar-refractivity contribution in [3.8, 4) is 0 Å². The summed E-state index contributed by atoms with van der Waals surface area (Å²) in [6.45, 7) is 0. The molecule has 0 aliphatic heterocycles. The molecule has 0 saturated heterocycles. The van der Waals surface area contributed by atoms with Crippen molar-refractivity contribution in [1.82, 2.24) is 0 Å². The Morgan fingerprint density at radius 1 is 0.600 bits per heavy atom. The first kappa shape index (κ1) is 20.8. The van der Waals surface area contributed by atoms with Gasteiger partial charge in [-0.15, -0.1) is 0 Å². The van der Waals surface area contributed by atoms with Crippen molar-refractivity contribution in [3.63, 3.8) is 0 Å². The van der Waals surface area contributed by atoms with Gasteiger partial charge in [-0.2, -0.15) is 0 Å². The van der Waals surface area contributed by atoms with E-state index >= 15 is 0 Å². The molecular formula is H10O12Si2Te. The Balaban J connectivity index is -0.000000144. The summed E-state index contributed by atoms with van der Waals surface area (Å²) in [5.41, 5.74) is 0. The van der Waals surface area contributed by atoms with E-state index in [9.17, 15) is 0 Å². The Morgan fingerprint density at radius 2 is 0.600 bits per heavy atom. The van der Waals surface area contributed by atoms with Crippen LogP contribution in [0.4, 0.5) is 0 Å². The van der Waals surface area contributed by atoms with E-state index < -0.39 is 37.1 Å². The summed E-state index contributed by atoms with van der Waals surface area (Å²) in [6, 6.07) is 0. The monoisotopic (exact) mass is 388 g/mol. The summed E-state index contributed by atoms with van der Waals surface area (Å²) in [7, 11) is -9.22. The van der Waals surface area contributed by atoms with Gasteiger partial charge in [0.05, 0.1) is 0 Å². The molecular weight excluding hydrogens is 376 g/mol. The van der Waals surface area contributed by atoms with E-state index in [1.165, 1.54) is 0 Å². The minimum absolute atomic E-state index is 4.61. The van der Waals surface area contributed by atoms with Gasteiger partial charge in [-0.3, -0.25) is 0 Å². The summed E-state index contributed by atoms with van der Waals surface area (Å²) < 4.78 is 32.0. The molecule has 0 aromatic rings. The van der Waals surface area contributed by atoms with E-state index in [-0.39, 0.29) is 0 Å². The first-order valence-corrected chi connectivity index (χ1v) is 10.1. The van der Waals surface area contributed by atoms with Crippen LogP contribution in [-0.2, 0) is 6.21 Å². The second-order valence-electron chi connectivity index (χ2n) is 1.65. The molecule has 15 heteroatoms. The van der Waals surface area contributed by atoms with Crippen molar-refractivity contribution in [2.75, 3.05) is 0 Å². The maximum absolute atomic E-state index is 8.85. The van der Waals surface area contributed by atoms with Crippen LogP contribution < -0.4 is 0 Å². The van der Waals surface area contributed by atoms with Crippen molar-refractivity contribution < 1.29 is 51.5 Å². The van der Waals surface area contributed by atoms with Crippen LogP contribution in [0.15, 0.2) is 0 Å². The third-order valence-corrected chi connectivity index (χ3v) is 0. The third kappa shape index (κ3) is 12400. The van der Waals surface area contributed by atoms with Crippen LogP contribution in [0.5, 0.6) is 0 Å². The zero-order chi connectivity index (χ0) is 13.5. The minimum Gasteiger partial charge on any atom is -0.368 e. The molecule has 0 saturated carbocycles.